The van der Waals surface area contributed by atoms with Crippen molar-refractivity contribution in [3.8, 4) is 0 Å². The zero-order valence-electron chi connectivity index (χ0n) is 35.9. The van der Waals surface area contributed by atoms with Gasteiger partial charge in [0.25, 0.3) is 0 Å². The van der Waals surface area contributed by atoms with Crippen molar-refractivity contribution >= 4 is 29.6 Å². The highest BCUT2D eigenvalue weighted by molar-refractivity contribution is 5.92. The quantitative estimate of drug-likeness (QED) is 0.0487. The lowest BCUT2D eigenvalue weighted by atomic mass is 9.55. The minimum absolute atomic E-state index is 0.00748. The summed E-state index contributed by atoms with van der Waals surface area (Å²) in [4.78, 5) is 67.0. The molecule has 10 atom stereocenters. The Hall–Kier alpha value is -4.21. The summed E-state index contributed by atoms with van der Waals surface area (Å²) in [6.07, 6.45) is -1.60. The zero-order chi connectivity index (χ0) is 44.6. The lowest BCUT2D eigenvalue weighted by Crippen LogP contribution is -2.70. The second-order valence-electron chi connectivity index (χ2n) is 17.4. The van der Waals surface area contributed by atoms with Gasteiger partial charge in [-0.2, -0.15) is 0 Å². The van der Waals surface area contributed by atoms with Gasteiger partial charge in [-0.1, -0.05) is 56.3 Å². The Labute approximate surface area is 353 Å². The van der Waals surface area contributed by atoms with Gasteiger partial charge in [0.2, 0.25) is 5.91 Å². The highest BCUT2D eigenvalue weighted by Crippen LogP contribution is 2.55. The van der Waals surface area contributed by atoms with Crippen molar-refractivity contribution in [1.29, 1.82) is 0 Å². The van der Waals surface area contributed by atoms with E-state index in [0.29, 0.717) is 31.2 Å². The number of ether oxygens (including phenoxy) is 4. The van der Waals surface area contributed by atoms with E-state index in [1.54, 1.807) is 56.3 Å². The Balaban J connectivity index is 1.72. The van der Waals surface area contributed by atoms with E-state index in [2.05, 4.69) is 18.5 Å². The zero-order valence-corrected chi connectivity index (χ0v) is 35.9. The largest absolute Gasteiger partial charge is 0.460 e. The topological polar surface area (TPSA) is 215 Å². The first-order chi connectivity index (χ1) is 28.2. The summed E-state index contributed by atoms with van der Waals surface area (Å²) in [6.45, 7) is 16.3. The maximum Gasteiger partial charge on any atom is 0.338 e. The van der Waals surface area contributed by atoms with Gasteiger partial charge in [0.05, 0.1) is 24.2 Å². The molecule has 1 aromatic rings. The molecule has 5 N–H and O–H groups in total. The second-order valence-corrected chi connectivity index (χ2v) is 17.4. The van der Waals surface area contributed by atoms with Crippen LogP contribution in [0.25, 0.3) is 0 Å². The number of Topliss-reactive ketones (excluding diaryl/α,β-unsaturated/α-hetero) is 1. The first-order valence-electron chi connectivity index (χ1n) is 21.0. The molecular formula is C46H65NO13. The van der Waals surface area contributed by atoms with E-state index in [0.717, 1.165) is 12.8 Å². The number of amides is 1. The number of nitrogens with one attached hydrogen (secondary N) is 1. The number of hydrogen-bond acceptors (Lipinski definition) is 13. The molecular weight excluding hydrogens is 775 g/mol. The molecule has 1 amide bonds. The molecule has 1 aromatic carbocycles. The summed E-state index contributed by atoms with van der Waals surface area (Å²) in [6, 6.07) is 7.18. The fraction of sp³-hybridized carbons (Fsp3) is 0.630. The summed E-state index contributed by atoms with van der Waals surface area (Å²) in [7, 11) is 0. The monoisotopic (exact) mass is 839 g/mol. The molecule has 1 heterocycles. The van der Waals surface area contributed by atoms with Gasteiger partial charge in [-0.15, -0.1) is 13.2 Å². The predicted molar refractivity (Wildman–Crippen MR) is 221 cm³/mol. The van der Waals surface area contributed by atoms with Gasteiger partial charge >= 0.3 is 17.9 Å². The Kier molecular flexibility index (Phi) is 16.2. The van der Waals surface area contributed by atoms with Crippen molar-refractivity contribution in [2.24, 2.45) is 10.8 Å². The van der Waals surface area contributed by atoms with E-state index in [-0.39, 0.29) is 49.9 Å². The van der Waals surface area contributed by atoms with Crippen LogP contribution in [0.2, 0.25) is 0 Å². The molecule has 2 fully saturated rings. The fourth-order valence-electron chi connectivity index (χ4n) is 9.18. The molecule has 4 rings (SSSR count). The van der Waals surface area contributed by atoms with Crippen molar-refractivity contribution in [3.05, 3.63) is 72.4 Å². The highest BCUT2D eigenvalue weighted by Gasteiger charge is 2.65. The summed E-state index contributed by atoms with van der Waals surface area (Å²) < 4.78 is 23.1. The molecule has 14 heteroatoms. The van der Waals surface area contributed by atoms with E-state index in [9.17, 15) is 44.4 Å². The van der Waals surface area contributed by atoms with Gasteiger partial charge in [0.1, 0.15) is 30.0 Å². The average molecular weight is 840 g/mol. The fourth-order valence-corrected chi connectivity index (χ4v) is 9.18. The molecule has 332 valence electrons. The molecule has 0 radical (unpaired) electrons. The first-order valence-corrected chi connectivity index (χ1v) is 21.0. The molecule has 0 aromatic heterocycles. The summed E-state index contributed by atoms with van der Waals surface area (Å²) in [5.41, 5.74) is -5.95. The number of fused-ring (bicyclic) bond motifs is 1. The lowest BCUT2D eigenvalue weighted by Gasteiger charge is -2.57. The van der Waals surface area contributed by atoms with Gasteiger partial charge in [0.15, 0.2) is 17.5 Å². The molecule has 3 aliphatic rings. The molecule has 1 unspecified atom stereocenters. The molecule has 1 saturated heterocycles. The number of hydrogen-bond donors (Lipinski definition) is 5. The van der Waals surface area contributed by atoms with E-state index >= 15 is 0 Å². The van der Waals surface area contributed by atoms with Crippen LogP contribution in [-0.2, 0) is 42.9 Å². The van der Waals surface area contributed by atoms with Crippen LogP contribution >= 0.6 is 0 Å². The Morgan fingerprint density at radius 1 is 0.983 bits per heavy atom. The standard InChI is InChI=1S/C46H65NO13/c1-9-11-13-18-22-35(50)47-38(31-20-16-15-17-21-31)40(53)42(55)59-32-25-46(56,29(4)58-36(51)23-19-14-12-10-2)43(6,7)37(28(32)3)39(52)41(54)44(8)26-45(60-30(5)48)27-57-34(45)24-33(44)49/h9-10,15-17,20-21,29,32-34,38-40,49,52-53,56H,1-2,11-14,18-19,22-27H2,3-8H3,(H,47,50)/t29-,32?,33-,34+,38-,39+,40+,44-,45-,46+/m0/s1. The van der Waals surface area contributed by atoms with Crippen molar-refractivity contribution in [1.82, 2.24) is 5.32 Å². The van der Waals surface area contributed by atoms with Crippen LogP contribution in [-0.4, -0.2) is 104 Å². The number of esters is 3. The van der Waals surface area contributed by atoms with Crippen molar-refractivity contribution in [2.45, 2.75) is 166 Å². The normalized spacial score (nSPS) is 29.0. The molecule has 14 nitrogen and oxygen atoms in total. The number of aliphatic hydroxyl groups is 4. The minimum Gasteiger partial charge on any atom is -0.460 e. The molecule has 1 saturated carbocycles. The van der Waals surface area contributed by atoms with Crippen molar-refractivity contribution in [3.63, 3.8) is 0 Å². The van der Waals surface area contributed by atoms with Gasteiger partial charge in [-0.3, -0.25) is 19.2 Å². The highest BCUT2D eigenvalue weighted by atomic mass is 16.6. The van der Waals surface area contributed by atoms with Gasteiger partial charge < -0.3 is 44.7 Å². The van der Waals surface area contributed by atoms with E-state index in [4.69, 9.17) is 18.9 Å². The maximum atomic E-state index is 14.7. The van der Waals surface area contributed by atoms with Crippen LogP contribution in [0, 0.1) is 10.8 Å². The number of benzene rings is 1. The number of carbonyl (C=O) groups excluding carboxylic acids is 5. The third-order valence-corrected chi connectivity index (χ3v) is 12.9. The number of allylic oxidation sites excluding steroid dienone is 2. The maximum absolute atomic E-state index is 14.7. The summed E-state index contributed by atoms with van der Waals surface area (Å²) >= 11 is 0. The molecule has 0 bridgehead atoms. The van der Waals surface area contributed by atoms with E-state index in [1.165, 1.54) is 27.7 Å². The number of unbranched alkanes of at least 4 members (excludes halogenated alkanes) is 4. The second kappa shape index (κ2) is 20.1. The van der Waals surface area contributed by atoms with Crippen LogP contribution in [0.5, 0.6) is 0 Å². The van der Waals surface area contributed by atoms with Crippen LogP contribution in [0.15, 0.2) is 66.8 Å². The van der Waals surface area contributed by atoms with E-state index in [1.807, 2.05) is 0 Å². The van der Waals surface area contributed by atoms with Gasteiger partial charge in [-0.05, 0) is 76.0 Å². The number of carbonyl (C=O) groups is 5. The predicted octanol–water partition coefficient (Wildman–Crippen LogP) is 4.81. The van der Waals surface area contributed by atoms with Crippen molar-refractivity contribution in [2.75, 3.05) is 6.61 Å². The summed E-state index contributed by atoms with van der Waals surface area (Å²) in [5, 5.41) is 50.8. The third-order valence-electron chi connectivity index (χ3n) is 12.9. The molecule has 60 heavy (non-hydrogen) atoms. The SMILES string of the molecule is C=CCCCCC(=O)N[C@@H](c1ccccc1)[C@@H](O)C(=O)OC1C[C@@](O)([C@H](C)OC(=O)CCCCC=C)C(C)(C)C([C@@H](O)C(=O)[C@@]2(C)C[C@]3(OC(C)=O)CO[C@@H]3C[C@@H]2O)=C1C. The number of rotatable bonds is 21. The van der Waals surface area contributed by atoms with Crippen LogP contribution in [0.1, 0.15) is 124 Å². The van der Waals surface area contributed by atoms with E-state index < -0.39 is 94.3 Å². The third kappa shape index (κ3) is 10.3. The molecule has 1 aliphatic heterocycles. The van der Waals surface area contributed by atoms with Gasteiger partial charge in [0, 0.05) is 44.4 Å². The van der Waals surface area contributed by atoms with Crippen LogP contribution in [0.4, 0.5) is 0 Å². The smallest absolute Gasteiger partial charge is 0.338 e. The van der Waals surface area contributed by atoms with Crippen LogP contribution in [0.3, 0.4) is 0 Å². The van der Waals surface area contributed by atoms with Crippen LogP contribution < -0.4 is 5.32 Å². The molecule has 2 aliphatic carbocycles. The Morgan fingerprint density at radius 2 is 1.60 bits per heavy atom. The Bertz CT molecular complexity index is 1780. The van der Waals surface area contributed by atoms with Gasteiger partial charge in [-0.25, -0.2) is 4.79 Å². The lowest BCUT2D eigenvalue weighted by molar-refractivity contribution is -0.291. The Morgan fingerprint density at radius 3 is 2.17 bits per heavy atom. The molecule has 0 spiro atoms. The number of ketones is 1. The first kappa shape index (κ1) is 48.5. The van der Waals surface area contributed by atoms with Crippen molar-refractivity contribution < 1.29 is 63.3 Å². The average Bonchev–Trinajstić information content (AvgIpc) is 3.19. The number of aliphatic hydroxyl groups excluding tert-OH is 3. The minimum atomic E-state index is -2.09. The summed E-state index contributed by atoms with van der Waals surface area (Å²) in [5.74, 6) is -3.59.